The zero-order valence-electron chi connectivity index (χ0n) is 20.8. The third-order valence-corrected chi connectivity index (χ3v) is 7.61. The highest BCUT2D eigenvalue weighted by Gasteiger charge is 2.34. The zero-order valence-corrected chi connectivity index (χ0v) is 22.3. The molecule has 0 fully saturated rings. The first-order valence-corrected chi connectivity index (χ1v) is 13.7. The molecule has 0 spiro atoms. The van der Waals surface area contributed by atoms with Crippen LogP contribution in [0.4, 0.5) is 10.1 Å². The number of hydrogen-bond donors (Lipinski definition) is 2. The SMILES string of the molecule is CC(C)[C@H](N=C(NS(=O)(=O)c1ccc(F)cc1)C1=NN(c2ccc(Cl)cc2)[C@@H](c2ccccc2)C1)C(N)=O. The van der Waals surface area contributed by atoms with Crippen molar-refractivity contribution in [3.63, 3.8) is 0 Å². The average molecular weight is 556 g/mol. The van der Waals surface area contributed by atoms with Crippen molar-refractivity contribution < 1.29 is 17.6 Å². The molecule has 11 heteroatoms. The van der Waals surface area contributed by atoms with Crippen molar-refractivity contribution in [3.05, 3.63) is 95.3 Å². The first-order chi connectivity index (χ1) is 18.0. The van der Waals surface area contributed by atoms with Crippen LogP contribution in [-0.4, -0.2) is 31.9 Å². The number of nitrogens with two attached hydrogens (primary N) is 1. The Labute approximate surface area is 226 Å². The summed E-state index contributed by atoms with van der Waals surface area (Å²) in [7, 11) is -4.20. The fraction of sp³-hybridized carbons (Fsp3) is 0.222. The van der Waals surface area contributed by atoms with Gasteiger partial charge in [-0.3, -0.25) is 19.5 Å². The molecule has 198 valence electrons. The molecule has 1 aliphatic rings. The van der Waals surface area contributed by atoms with Crippen LogP contribution < -0.4 is 15.5 Å². The largest absolute Gasteiger partial charge is 0.368 e. The lowest BCUT2D eigenvalue weighted by Crippen LogP contribution is -2.40. The Morgan fingerprint density at radius 1 is 1.08 bits per heavy atom. The zero-order chi connectivity index (χ0) is 27.4. The lowest BCUT2D eigenvalue weighted by molar-refractivity contribution is -0.120. The van der Waals surface area contributed by atoms with Gasteiger partial charge in [0.05, 0.1) is 16.6 Å². The van der Waals surface area contributed by atoms with Crippen LogP contribution >= 0.6 is 11.6 Å². The van der Waals surface area contributed by atoms with Crippen LogP contribution in [-0.2, 0) is 14.8 Å². The van der Waals surface area contributed by atoms with Gasteiger partial charge in [0.25, 0.3) is 10.0 Å². The van der Waals surface area contributed by atoms with E-state index in [9.17, 15) is 17.6 Å². The van der Waals surface area contributed by atoms with Crippen LogP contribution in [0.1, 0.15) is 31.9 Å². The molecule has 0 saturated heterocycles. The van der Waals surface area contributed by atoms with E-state index in [1.54, 1.807) is 31.0 Å². The van der Waals surface area contributed by atoms with Gasteiger partial charge < -0.3 is 5.73 Å². The number of rotatable bonds is 8. The first-order valence-electron chi connectivity index (χ1n) is 11.9. The first kappa shape index (κ1) is 27.3. The summed E-state index contributed by atoms with van der Waals surface area (Å²) in [5.41, 5.74) is 7.58. The number of nitrogens with zero attached hydrogens (tertiary/aromatic N) is 3. The van der Waals surface area contributed by atoms with E-state index in [2.05, 4.69) is 9.71 Å². The van der Waals surface area contributed by atoms with Gasteiger partial charge in [-0.1, -0.05) is 55.8 Å². The molecule has 0 aliphatic carbocycles. The lowest BCUT2D eigenvalue weighted by atomic mass is 10.0. The number of primary amides is 1. The topological polar surface area (TPSA) is 117 Å². The number of anilines is 1. The molecule has 1 amide bonds. The Hall–Kier alpha value is -3.76. The van der Waals surface area contributed by atoms with Gasteiger partial charge >= 0.3 is 0 Å². The van der Waals surface area contributed by atoms with Gasteiger partial charge in [-0.15, -0.1) is 0 Å². The molecule has 3 aromatic rings. The molecule has 38 heavy (non-hydrogen) atoms. The van der Waals surface area contributed by atoms with Crippen molar-refractivity contribution in [2.24, 2.45) is 21.7 Å². The van der Waals surface area contributed by atoms with Crippen molar-refractivity contribution >= 4 is 44.8 Å². The predicted molar refractivity (Wildman–Crippen MR) is 147 cm³/mol. The summed E-state index contributed by atoms with van der Waals surface area (Å²) >= 11 is 6.09. The van der Waals surface area contributed by atoms with E-state index in [1.807, 2.05) is 42.5 Å². The minimum absolute atomic E-state index is 0.107. The number of carbonyl (C=O) groups is 1. The second-order valence-corrected chi connectivity index (χ2v) is 11.2. The summed E-state index contributed by atoms with van der Waals surface area (Å²) in [5, 5.41) is 7.07. The Morgan fingerprint density at radius 3 is 2.29 bits per heavy atom. The van der Waals surface area contributed by atoms with Crippen molar-refractivity contribution in [1.82, 2.24) is 4.72 Å². The second kappa shape index (κ2) is 11.3. The number of carbonyl (C=O) groups excluding carboxylic acids is 1. The van der Waals surface area contributed by atoms with E-state index in [4.69, 9.17) is 22.4 Å². The molecule has 0 unspecified atom stereocenters. The molecular weight excluding hydrogens is 529 g/mol. The minimum atomic E-state index is -4.20. The van der Waals surface area contributed by atoms with E-state index in [0.29, 0.717) is 10.7 Å². The normalized spacial score (nSPS) is 16.9. The Balaban J connectivity index is 1.81. The maximum atomic E-state index is 13.4. The van der Waals surface area contributed by atoms with Crippen molar-refractivity contribution in [1.29, 1.82) is 0 Å². The number of aliphatic imine (C=N–C) groups is 1. The summed E-state index contributed by atoms with van der Waals surface area (Å²) in [6.07, 6.45) is 0.279. The summed E-state index contributed by atoms with van der Waals surface area (Å²) in [6.45, 7) is 3.52. The third kappa shape index (κ3) is 6.20. The van der Waals surface area contributed by atoms with E-state index in [1.165, 1.54) is 0 Å². The van der Waals surface area contributed by atoms with Gasteiger partial charge in [0, 0.05) is 11.4 Å². The maximum Gasteiger partial charge on any atom is 0.263 e. The summed E-state index contributed by atoms with van der Waals surface area (Å²) < 4.78 is 42.4. The van der Waals surface area contributed by atoms with Gasteiger partial charge in [0.15, 0.2) is 5.84 Å². The summed E-state index contributed by atoms with van der Waals surface area (Å²) in [5.74, 6) is -1.69. The molecular formula is C27H27ClFN5O3S. The molecule has 0 radical (unpaired) electrons. The number of benzene rings is 3. The molecule has 0 saturated carbocycles. The summed E-state index contributed by atoms with van der Waals surface area (Å²) in [6, 6.07) is 19.8. The van der Waals surface area contributed by atoms with Crippen LogP contribution in [0.5, 0.6) is 0 Å². The molecule has 0 bridgehead atoms. The van der Waals surface area contributed by atoms with Crippen LogP contribution in [0.3, 0.4) is 0 Å². The monoisotopic (exact) mass is 555 g/mol. The highest BCUT2D eigenvalue weighted by atomic mass is 35.5. The van der Waals surface area contributed by atoms with Crippen LogP contribution in [0.25, 0.3) is 0 Å². The molecule has 1 heterocycles. The number of amidine groups is 1. The maximum absolute atomic E-state index is 13.4. The van der Waals surface area contributed by atoms with Gasteiger partial charge in [-0.05, 0) is 60.0 Å². The van der Waals surface area contributed by atoms with Crippen molar-refractivity contribution in [2.45, 2.75) is 37.2 Å². The number of hydrogen-bond acceptors (Lipinski definition) is 6. The fourth-order valence-electron chi connectivity index (χ4n) is 4.06. The molecule has 2 atom stereocenters. The van der Waals surface area contributed by atoms with Crippen LogP contribution in [0.15, 0.2) is 93.9 Å². The van der Waals surface area contributed by atoms with Gasteiger partial charge in [-0.25, -0.2) is 12.8 Å². The highest BCUT2D eigenvalue weighted by Crippen LogP contribution is 2.36. The third-order valence-electron chi connectivity index (χ3n) is 6.01. The molecule has 0 aromatic heterocycles. The van der Waals surface area contributed by atoms with Crippen LogP contribution in [0.2, 0.25) is 5.02 Å². The number of nitrogens with one attached hydrogen (secondary N) is 1. The predicted octanol–water partition coefficient (Wildman–Crippen LogP) is 4.67. The van der Waals surface area contributed by atoms with Gasteiger partial charge in [-0.2, -0.15) is 5.10 Å². The Morgan fingerprint density at radius 2 is 1.71 bits per heavy atom. The quantitative estimate of drug-likeness (QED) is 0.310. The standard InChI is InChI=1S/C27H27ClFN5O3S/c1-17(2)25(26(30)35)31-27(33-38(36,37)22-14-10-20(29)11-15-22)23-16-24(18-6-4-3-5-7-18)34(32-23)21-12-8-19(28)9-13-21/h3-15,17,24-25H,16H2,1-2H3,(H2,30,35)(H,31,33)/t24-,25+/m1/s1. The minimum Gasteiger partial charge on any atom is -0.368 e. The lowest BCUT2D eigenvalue weighted by Gasteiger charge is -2.24. The summed E-state index contributed by atoms with van der Waals surface area (Å²) in [4.78, 5) is 16.5. The number of halogens is 2. The van der Waals surface area contributed by atoms with E-state index >= 15 is 0 Å². The van der Waals surface area contributed by atoms with E-state index in [0.717, 1.165) is 35.5 Å². The average Bonchev–Trinajstić information content (AvgIpc) is 3.33. The Kier molecular flexibility index (Phi) is 8.13. The number of sulfonamides is 1. The number of amides is 1. The second-order valence-electron chi connectivity index (χ2n) is 9.13. The van der Waals surface area contributed by atoms with Gasteiger partial charge in [0.1, 0.15) is 17.6 Å². The number of hydrazone groups is 1. The van der Waals surface area contributed by atoms with Crippen LogP contribution in [0, 0.1) is 11.7 Å². The van der Waals surface area contributed by atoms with E-state index < -0.39 is 27.8 Å². The van der Waals surface area contributed by atoms with E-state index in [-0.39, 0.29) is 29.1 Å². The molecule has 3 N–H and O–H groups in total. The molecule has 8 nitrogen and oxygen atoms in total. The molecule has 1 aliphatic heterocycles. The smallest absolute Gasteiger partial charge is 0.263 e. The molecule has 3 aromatic carbocycles. The fourth-order valence-corrected chi connectivity index (χ4v) is 5.22. The highest BCUT2D eigenvalue weighted by molar-refractivity contribution is 7.90. The van der Waals surface area contributed by atoms with Crippen molar-refractivity contribution in [2.75, 3.05) is 5.01 Å². The van der Waals surface area contributed by atoms with Crippen molar-refractivity contribution in [3.8, 4) is 0 Å². The van der Waals surface area contributed by atoms with Gasteiger partial charge in [0.2, 0.25) is 5.91 Å². The Bertz CT molecular complexity index is 1460. The molecule has 4 rings (SSSR count).